The second-order valence-corrected chi connectivity index (χ2v) is 4.58. The normalized spacial score (nSPS) is 16.8. The molecule has 2 N–H and O–H groups in total. The van der Waals surface area contributed by atoms with Crippen molar-refractivity contribution in [3.05, 3.63) is 12.4 Å². The first kappa shape index (κ1) is 12.0. The van der Waals surface area contributed by atoms with Gasteiger partial charge in [0.1, 0.15) is 6.54 Å². The van der Waals surface area contributed by atoms with Crippen LogP contribution in [-0.2, 0) is 11.3 Å². The zero-order valence-electron chi connectivity index (χ0n) is 10.3. The highest BCUT2D eigenvalue weighted by molar-refractivity contribution is 5.75. The summed E-state index contributed by atoms with van der Waals surface area (Å²) < 4.78 is 1.66. The molecule has 0 saturated heterocycles. The van der Waals surface area contributed by atoms with Crippen molar-refractivity contribution in [3.8, 4) is 0 Å². The number of hydrogen-bond donors (Lipinski definition) is 2. The highest BCUT2D eigenvalue weighted by atomic mass is 16.1. The first-order chi connectivity index (χ1) is 8.28. The van der Waals surface area contributed by atoms with E-state index < -0.39 is 0 Å². The summed E-state index contributed by atoms with van der Waals surface area (Å²) in [5, 5.41) is 10.2. The number of amides is 1. The molecule has 1 aliphatic rings. The standard InChI is InChI=1S/C12H20N4O/c1-13-12(17)9-16-8-11(7-14-16)15-10-5-3-2-4-6-10/h7-8,10,15H,2-6,9H2,1H3,(H,13,17). The summed E-state index contributed by atoms with van der Waals surface area (Å²) in [6.45, 7) is 0.281. The molecular weight excluding hydrogens is 216 g/mol. The van der Waals surface area contributed by atoms with E-state index in [1.165, 1.54) is 32.1 Å². The van der Waals surface area contributed by atoms with Crippen LogP contribution in [0.3, 0.4) is 0 Å². The van der Waals surface area contributed by atoms with E-state index in [0.29, 0.717) is 6.04 Å². The number of carbonyl (C=O) groups excluding carboxylic acids is 1. The molecule has 1 fully saturated rings. The van der Waals surface area contributed by atoms with Crippen molar-refractivity contribution in [2.24, 2.45) is 0 Å². The predicted molar refractivity (Wildman–Crippen MR) is 66.8 cm³/mol. The van der Waals surface area contributed by atoms with Crippen LogP contribution in [0.5, 0.6) is 0 Å². The highest BCUT2D eigenvalue weighted by Gasteiger charge is 2.13. The van der Waals surface area contributed by atoms with Crippen molar-refractivity contribution < 1.29 is 4.79 Å². The average Bonchev–Trinajstić information content (AvgIpc) is 2.77. The summed E-state index contributed by atoms with van der Waals surface area (Å²) in [6.07, 6.45) is 10.1. The number of rotatable bonds is 4. The van der Waals surface area contributed by atoms with Gasteiger partial charge in [0.15, 0.2) is 0 Å². The Morgan fingerprint density at radius 1 is 1.47 bits per heavy atom. The third kappa shape index (κ3) is 3.47. The molecule has 0 aliphatic heterocycles. The predicted octanol–water partition coefficient (Wildman–Crippen LogP) is 1.37. The second-order valence-electron chi connectivity index (χ2n) is 4.58. The van der Waals surface area contributed by atoms with E-state index >= 15 is 0 Å². The highest BCUT2D eigenvalue weighted by Crippen LogP contribution is 2.21. The van der Waals surface area contributed by atoms with Crippen LogP contribution in [0.4, 0.5) is 5.69 Å². The number of likely N-dealkylation sites (N-methyl/N-ethyl adjacent to an activating group) is 1. The largest absolute Gasteiger partial charge is 0.380 e. The minimum absolute atomic E-state index is 0.0303. The van der Waals surface area contributed by atoms with E-state index in [1.54, 1.807) is 17.9 Å². The lowest BCUT2D eigenvalue weighted by Crippen LogP contribution is -2.24. The van der Waals surface area contributed by atoms with E-state index in [4.69, 9.17) is 0 Å². The lowest BCUT2D eigenvalue weighted by Gasteiger charge is -2.22. The molecule has 1 saturated carbocycles. The van der Waals surface area contributed by atoms with Gasteiger partial charge in [-0.1, -0.05) is 19.3 Å². The van der Waals surface area contributed by atoms with Crippen LogP contribution in [0.1, 0.15) is 32.1 Å². The molecule has 1 heterocycles. The molecule has 0 radical (unpaired) electrons. The molecule has 1 amide bonds. The van der Waals surface area contributed by atoms with Gasteiger partial charge in [-0.2, -0.15) is 5.10 Å². The van der Waals surface area contributed by atoms with Crippen LogP contribution in [0, 0.1) is 0 Å². The van der Waals surface area contributed by atoms with Gasteiger partial charge in [0.2, 0.25) is 5.91 Å². The molecule has 0 bridgehead atoms. The number of nitrogens with one attached hydrogen (secondary N) is 2. The minimum atomic E-state index is -0.0303. The summed E-state index contributed by atoms with van der Waals surface area (Å²) in [7, 11) is 1.63. The molecule has 1 aromatic rings. The molecule has 0 spiro atoms. The molecule has 0 atom stereocenters. The molecule has 5 nitrogen and oxygen atoms in total. The van der Waals surface area contributed by atoms with Crippen molar-refractivity contribution in [2.45, 2.75) is 44.7 Å². The summed E-state index contributed by atoms with van der Waals surface area (Å²) >= 11 is 0. The number of aromatic nitrogens is 2. The fourth-order valence-electron chi connectivity index (χ4n) is 2.23. The average molecular weight is 236 g/mol. The summed E-state index contributed by atoms with van der Waals surface area (Å²) in [5.74, 6) is -0.0303. The Labute approximate surface area is 102 Å². The van der Waals surface area contributed by atoms with Gasteiger partial charge in [0, 0.05) is 19.3 Å². The van der Waals surface area contributed by atoms with E-state index in [1.807, 2.05) is 6.20 Å². The van der Waals surface area contributed by atoms with Gasteiger partial charge in [0.25, 0.3) is 0 Å². The van der Waals surface area contributed by atoms with Crippen molar-refractivity contribution in [1.29, 1.82) is 0 Å². The minimum Gasteiger partial charge on any atom is -0.380 e. The maximum Gasteiger partial charge on any atom is 0.241 e. The quantitative estimate of drug-likeness (QED) is 0.830. The number of carbonyl (C=O) groups is 1. The molecule has 1 aromatic heterocycles. The van der Waals surface area contributed by atoms with Gasteiger partial charge in [-0.25, -0.2) is 0 Å². The van der Waals surface area contributed by atoms with Crippen LogP contribution >= 0.6 is 0 Å². The van der Waals surface area contributed by atoms with E-state index in [9.17, 15) is 4.79 Å². The second kappa shape index (κ2) is 5.70. The maximum absolute atomic E-state index is 11.2. The zero-order chi connectivity index (χ0) is 12.1. The van der Waals surface area contributed by atoms with Crippen LogP contribution in [-0.4, -0.2) is 28.8 Å². The van der Waals surface area contributed by atoms with Crippen molar-refractivity contribution >= 4 is 11.6 Å². The van der Waals surface area contributed by atoms with E-state index in [2.05, 4.69) is 15.7 Å². The third-order valence-corrected chi connectivity index (χ3v) is 3.19. The Morgan fingerprint density at radius 2 is 2.24 bits per heavy atom. The number of anilines is 1. The van der Waals surface area contributed by atoms with Crippen LogP contribution in [0.15, 0.2) is 12.4 Å². The first-order valence-corrected chi connectivity index (χ1v) is 6.27. The van der Waals surface area contributed by atoms with Gasteiger partial charge in [-0.05, 0) is 12.8 Å². The van der Waals surface area contributed by atoms with Crippen molar-refractivity contribution in [2.75, 3.05) is 12.4 Å². The van der Waals surface area contributed by atoms with Gasteiger partial charge in [0.05, 0.1) is 11.9 Å². The van der Waals surface area contributed by atoms with Gasteiger partial charge < -0.3 is 10.6 Å². The van der Waals surface area contributed by atoms with Gasteiger partial charge in [-0.3, -0.25) is 9.48 Å². The number of hydrogen-bond acceptors (Lipinski definition) is 3. The fourth-order valence-corrected chi connectivity index (χ4v) is 2.23. The Bertz CT molecular complexity index is 368. The molecular formula is C12H20N4O. The van der Waals surface area contributed by atoms with Gasteiger partial charge in [-0.15, -0.1) is 0 Å². The fraction of sp³-hybridized carbons (Fsp3) is 0.667. The third-order valence-electron chi connectivity index (χ3n) is 3.19. The topological polar surface area (TPSA) is 59.0 Å². The molecule has 0 aromatic carbocycles. The van der Waals surface area contributed by atoms with Crippen LogP contribution < -0.4 is 10.6 Å². The van der Waals surface area contributed by atoms with Crippen molar-refractivity contribution in [3.63, 3.8) is 0 Å². The van der Waals surface area contributed by atoms with Crippen LogP contribution in [0.2, 0.25) is 0 Å². The lowest BCUT2D eigenvalue weighted by atomic mass is 9.95. The molecule has 0 unspecified atom stereocenters. The molecule has 94 valence electrons. The number of nitrogens with zero attached hydrogens (tertiary/aromatic N) is 2. The van der Waals surface area contributed by atoms with E-state index in [-0.39, 0.29) is 12.5 Å². The summed E-state index contributed by atoms with van der Waals surface area (Å²) in [6, 6.07) is 0.571. The summed E-state index contributed by atoms with van der Waals surface area (Å²) in [4.78, 5) is 11.2. The Kier molecular flexibility index (Phi) is 4.01. The smallest absolute Gasteiger partial charge is 0.241 e. The molecule has 5 heteroatoms. The zero-order valence-corrected chi connectivity index (χ0v) is 10.3. The Hall–Kier alpha value is -1.52. The first-order valence-electron chi connectivity index (χ1n) is 6.27. The Balaban J connectivity index is 1.86. The molecule has 1 aliphatic carbocycles. The SMILES string of the molecule is CNC(=O)Cn1cc(NC2CCCCC2)cn1. The molecule has 17 heavy (non-hydrogen) atoms. The Morgan fingerprint density at radius 3 is 2.94 bits per heavy atom. The maximum atomic E-state index is 11.2. The lowest BCUT2D eigenvalue weighted by molar-refractivity contribution is -0.121. The molecule has 2 rings (SSSR count). The van der Waals surface area contributed by atoms with Crippen molar-refractivity contribution in [1.82, 2.24) is 15.1 Å². The van der Waals surface area contributed by atoms with E-state index in [0.717, 1.165) is 5.69 Å². The van der Waals surface area contributed by atoms with Crippen LogP contribution in [0.25, 0.3) is 0 Å². The monoisotopic (exact) mass is 236 g/mol. The van der Waals surface area contributed by atoms with Gasteiger partial charge >= 0.3 is 0 Å². The summed E-state index contributed by atoms with van der Waals surface area (Å²) in [5.41, 5.74) is 1.01.